The molecule has 0 aliphatic carbocycles. The minimum absolute atomic E-state index is 0.441. The standard InChI is InChI=1S/C18H9BF6O2/c20-10-4-6-12(15(24)8-10)19(26-16-3-1-2-14(23)18(16)25)27-17-9-11(21)5-7-13(17)22/h1-9H. The summed E-state index contributed by atoms with van der Waals surface area (Å²) >= 11 is 0. The molecule has 138 valence electrons. The highest BCUT2D eigenvalue weighted by atomic mass is 19.2. The van der Waals surface area contributed by atoms with Crippen LogP contribution in [0.25, 0.3) is 0 Å². The summed E-state index contributed by atoms with van der Waals surface area (Å²) in [5, 5.41) is 0. The van der Waals surface area contributed by atoms with E-state index in [1.54, 1.807) is 0 Å². The van der Waals surface area contributed by atoms with E-state index in [1.165, 1.54) is 0 Å². The highest BCUT2D eigenvalue weighted by Crippen LogP contribution is 2.23. The zero-order chi connectivity index (χ0) is 19.6. The molecule has 9 heteroatoms. The fourth-order valence-electron chi connectivity index (χ4n) is 2.22. The Morgan fingerprint density at radius 2 is 1.26 bits per heavy atom. The molecule has 0 bridgehead atoms. The Balaban J connectivity index is 2.03. The lowest BCUT2D eigenvalue weighted by molar-refractivity contribution is 0.391. The van der Waals surface area contributed by atoms with Crippen LogP contribution in [-0.2, 0) is 0 Å². The van der Waals surface area contributed by atoms with Gasteiger partial charge in [-0.05, 0) is 30.3 Å². The number of hydrogen-bond acceptors (Lipinski definition) is 2. The van der Waals surface area contributed by atoms with Crippen LogP contribution in [0.15, 0.2) is 54.6 Å². The zero-order valence-corrected chi connectivity index (χ0v) is 13.4. The van der Waals surface area contributed by atoms with Gasteiger partial charge < -0.3 is 9.31 Å². The fraction of sp³-hybridized carbons (Fsp3) is 0. The van der Waals surface area contributed by atoms with Crippen molar-refractivity contribution < 1.29 is 35.7 Å². The van der Waals surface area contributed by atoms with Gasteiger partial charge in [-0.2, -0.15) is 4.39 Å². The van der Waals surface area contributed by atoms with Crippen molar-refractivity contribution in [2.24, 2.45) is 0 Å². The van der Waals surface area contributed by atoms with Crippen molar-refractivity contribution in [1.29, 1.82) is 0 Å². The highest BCUT2D eigenvalue weighted by molar-refractivity contribution is 6.62. The largest absolute Gasteiger partial charge is 0.635 e. The van der Waals surface area contributed by atoms with E-state index < -0.39 is 59.0 Å². The van der Waals surface area contributed by atoms with Gasteiger partial charge in [0.05, 0.1) is 0 Å². The first-order valence-electron chi connectivity index (χ1n) is 7.52. The van der Waals surface area contributed by atoms with Gasteiger partial charge in [0, 0.05) is 17.6 Å². The summed E-state index contributed by atoms with van der Waals surface area (Å²) in [7, 11) is -1.86. The van der Waals surface area contributed by atoms with Gasteiger partial charge in [-0.1, -0.05) is 12.1 Å². The third-order valence-corrected chi connectivity index (χ3v) is 3.49. The van der Waals surface area contributed by atoms with Gasteiger partial charge in [-0.15, -0.1) is 0 Å². The van der Waals surface area contributed by atoms with Crippen LogP contribution in [0.1, 0.15) is 0 Å². The molecule has 0 aliphatic rings. The van der Waals surface area contributed by atoms with E-state index in [-0.39, 0.29) is 0 Å². The lowest BCUT2D eigenvalue weighted by Crippen LogP contribution is -2.45. The molecule has 0 atom stereocenters. The van der Waals surface area contributed by atoms with E-state index in [9.17, 15) is 26.3 Å². The first-order valence-corrected chi connectivity index (χ1v) is 7.52. The van der Waals surface area contributed by atoms with Crippen molar-refractivity contribution in [3.05, 3.63) is 89.5 Å². The molecule has 0 fully saturated rings. The van der Waals surface area contributed by atoms with Gasteiger partial charge in [0.25, 0.3) is 0 Å². The quantitative estimate of drug-likeness (QED) is 0.482. The maximum absolute atomic E-state index is 14.1. The molecular formula is C18H9BF6O2. The van der Waals surface area contributed by atoms with Gasteiger partial charge in [0.15, 0.2) is 17.5 Å². The van der Waals surface area contributed by atoms with Gasteiger partial charge in [0.2, 0.25) is 0 Å². The second kappa shape index (κ2) is 7.65. The van der Waals surface area contributed by atoms with E-state index in [2.05, 4.69) is 0 Å². The third-order valence-electron chi connectivity index (χ3n) is 3.49. The van der Waals surface area contributed by atoms with Gasteiger partial charge in [-0.3, -0.25) is 0 Å². The minimum Gasteiger partial charge on any atom is -0.520 e. The number of hydrogen-bond donors (Lipinski definition) is 0. The molecular weight excluding hydrogens is 373 g/mol. The Morgan fingerprint density at radius 3 is 2.00 bits per heavy atom. The molecule has 0 radical (unpaired) electrons. The van der Waals surface area contributed by atoms with Crippen molar-refractivity contribution in [2.75, 3.05) is 0 Å². The van der Waals surface area contributed by atoms with Crippen LogP contribution >= 0.6 is 0 Å². The smallest absolute Gasteiger partial charge is 0.520 e. The van der Waals surface area contributed by atoms with E-state index in [4.69, 9.17) is 9.31 Å². The maximum atomic E-state index is 14.1. The molecule has 0 heterocycles. The highest BCUT2D eigenvalue weighted by Gasteiger charge is 2.32. The normalized spacial score (nSPS) is 10.6. The van der Waals surface area contributed by atoms with Crippen molar-refractivity contribution in [2.45, 2.75) is 0 Å². The Bertz CT molecular complexity index is 978. The van der Waals surface area contributed by atoms with Crippen LogP contribution in [0.4, 0.5) is 26.3 Å². The molecule has 0 aliphatic heterocycles. The van der Waals surface area contributed by atoms with E-state index >= 15 is 0 Å². The van der Waals surface area contributed by atoms with Crippen LogP contribution in [0.2, 0.25) is 0 Å². The molecule has 0 amide bonds. The SMILES string of the molecule is Fc1ccc(B(Oc2cc(F)ccc2F)Oc2cccc(F)c2F)c(F)c1. The van der Waals surface area contributed by atoms with Crippen LogP contribution in [0.5, 0.6) is 11.5 Å². The van der Waals surface area contributed by atoms with Crippen molar-refractivity contribution >= 4 is 12.6 Å². The van der Waals surface area contributed by atoms with E-state index in [0.717, 1.165) is 42.5 Å². The van der Waals surface area contributed by atoms with E-state index in [1.807, 2.05) is 0 Å². The van der Waals surface area contributed by atoms with Crippen molar-refractivity contribution in [3.8, 4) is 11.5 Å². The molecule has 0 aromatic heterocycles. The molecule has 2 nitrogen and oxygen atoms in total. The number of rotatable bonds is 5. The Hall–Kier alpha value is -3.10. The van der Waals surface area contributed by atoms with Crippen LogP contribution in [0.3, 0.4) is 0 Å². The molecule has 0 saturated heterocycles. The summed E-state index contributed by atoms with van der Waals surface area (Å²) in [6, 6.07) is 7.49. The summed E-state index contributed by atoms with van der Waals surface area (Å²) in [4.78, 5) is 0. The Labute approximate surface area is 150 Å². The Kier molecular flexibility index (Phi) is 5.29. The number of halogens is 6. The average Bonchev–Trinajstić information content (AvgIpc) is 2.61. The molecule has 3 aromatic rings. The molecule has 0 unspecified atom stereocenters. The van der Waals surface area contributed by atoms with Gasteiger partial charge >= 0.3 is 7.12 Å². The second-order valence-corrected chi connectivity index (χ2v) is 5.36. The van der Waals surface area contributed by atoms with E-state index in [0.29, 0.717) is 12.1 Å². The lowest BCUT2D eigenvalue weighted by atomic mass is 9.78. The summed E-state index contributed by atoms with van der Waals surface area (Å²) in [5.74, 6) is -7.90. The monoisotopic (exact) mass is 382 g/mol. The van der Waals surface area contributed by atoms with Crippen LogP contribution < -0.4 is 14.8 Å². The summed E-state index contributed by atoms with van der Waals surface area (Å²) in [6.07, 6.45) is 0. The third kappa shape index (κ3) is 4.19. The first-order chi connectivity index (χ1) is 12.8. The zero-order valence-electron chi connectivity index (χ0n) is 13.4. The van der Waals surface area contributed by atoms with Crippen molar-refractivity contribution in [1.82, 2.24) is 0 Å². The topological polar surface area (TPSA) is 18.5 Å². The first kappa shape index (κ1) is 18.7. The average molecular weight is 382 g/mol. The molecule has 27 heavy (non-hydrogen) atoms. The van der Waals surface area contributed by atoms with Crippen molar-refractivity contribution in [3.63, 3.8) is 0 Å². The van der Waals surface area contributed by atoms with Gasteiger partial charge in [-0.25, -0.2) is 22.0 Å². The summed E-state index contributed by atoms with van der Waals surface area (Å²) in [5.41, 5.74) is -0.441. The maximum Gasteiger partial charge on any atom is 0.635 e. The predicted octanol–water partition coefficient (Wildman–Crippen LogP) is 4.37. The molecule has 3 rings (SSSR count). The fourth-order valence-corrected chi connectivity index (χ4v) is 2.22. The number of benzene rings is 3. The second-order valence-electron chi connectivity index (χ2n) is 5.36. The molecule has 0 spiro atoms. The predicted molar refractivity (Wildman–Crippen MR) is 85.7 cm³/mol. The molecule has 3 aromatic carbocycles. The molecule has 0 N–H and O–H groups in total. The summed E-state index contributed by atoms with van der Waals surface area (Å²) in [6.45, 7) is 0. The van der Waals surface area contributed by atoms with Gasteiger partial charge in [0.1, 0.15) is 29.0 Å². The Morgan fingerprint density at radius 1 is 0.593 bits per heavy atom. The van der Waals surface area contributed by atoms with Crippen LogP contribution in [-0.4, -0.2) is 7.12 Å². The summed E-state index contributed by atoms with van der Waals surface area (Å²) < 4.78 is 92.0. The molecule has 0 saturated carbocycles. The lowest BCUT2D eigenvalue weighted by Gasteiger charge is -2.18. The van der Waals surface area contributed by atoms with Crippen LogP contribution in [0, 0.1) is 34.9 Å². The minimum atomic E-state index is -1.86.